The number of phenolic OH excluding ortho intramolecular Hbond substituents is 1. The zero-order valence-corrected chi connectivity index (χ0v) is 9.36. The average Bonchev–Trinajstić information content (AvgIpc) is 1.91. The van der Waals surface area contributed by atoms with Crippen LogP contribution in [0.1, 0.15) is 18.0 Å². The molecule has 1 aliphatic rings. The first-order valence-corrected chi connectivity index (χ1v) is 4.78. The van der Waals surface area contributed by atoms with Gasteiger partial charge in [0, 0.05) is 16.1 Å². The van der Waals surface area contributed by atoms with Gasteiger partial charge in [0.2, 0.25) is 0 Å². The predicted octanol–water partition coefficient (Wildman–Crippen LogP) is 2.61. The summed E-state index contributed by atoms with van der Waals surface area (Å²) in [4.78, 5) is 0. The van der Waals surface area contributed by atoms with Gasteiger partial charge in [-0.3, -0.25) is 0 Å². The Hall–Kier alpha value is -0.250. The van der Waals surface area contributed by atoms with Crippen LogP contribution in [0.3, 0.4) is 0 Å². The van der Waals surface area contributed by atoms with Crippen molar-refractivity contribution in [1.82, 2.24) is 5.32 Å². The Bertz CT molecular complexity index is 302. The third-order valence-electron chi connectivity index (χ3n) is 2.19. The van der Waals surface area contributed by atoms with Crippen LogP contribution in [0.2, 0.25) is 0 Å². The van der Waals surface area contributed by atoms with Crippen LogP contribution in [0, 0.1) is 0 Å². The van der Waals surface area contributed by atoms with E-state index in [1.807, 2.05) is 12.1 Å². The van der Waals surface area contributed by atoms with Crippen LogP contribution in [0.25, 0.3) is 0 Å². The van der Waals surface area contributed by atoms with Gasteiger partial charge in [0.1, 0.15) is 5.75 Å². The highest BCUT2D eigenvalue weighted by molar-refractivity contribution is 9.10. The highest BCUT2D eigenvalue weighted by atomic mass is 79.9. The molecule has 1 fully saturated rings. The summed E-state index contributed by atoms with van der Waals surface area (Å²) < 4.78 is 0.920. The summed E-state index contributed by atoms with van der Waals surface area (Å²) in [6.45, 7) is 1.06. The minimum atomic E-state index is 0. The van der Waals surface area contributed by atoms with Gasteiger partial charge in [-0.2, -0.15) is 0 Å². The summed E-state index contributed by atoms with van der Waals surface area (Å²) in [5, 5.41) is 12.8. The first kappa shape index (κ1) is 10.8. The monoisotopic (exact) mass is 263 g/mol. The van der Waals surface area contributed by atoms with Crippen molar-refractivity contribution < 1.29 is 5.11 Å². The first-order chi connectivity index (χ1) is 5.77. The van der Waals surface area contributed by atoms with E-state index in [4.69, 9.17) is 0 Å². The van der Waals surface area contributed by atoms with Crippen molar-refractivity contribution in [2.45, 2.75) is 12.5 Å². The lowest BCUT2D eigenvalue weighted by Crippen LogP contribution is -2.34. The second-order valence-electron chi connectivity index (χ2n) is 3.00. The largest absolute Gasteiger partial charge is 0.508 e. The highest BCUT2D eigenvalue weighted by Gasteiger charge is 2.20. The standard InChI is InChI=1S/C9H10BrNO.ClH/c10-6-1-2-7(9(12)5-6)8-3-4-11-8;/h1-2,5,8,11-12H,3-4H2;1H/t8-;/m1./s1. The second kappa shape index (κ2) is 4.31. The Morgan fingerprint density at radius 1 is 1.46 bits per heavy atom. The summed E-state index contributed by atoms with van der Waals surface area (Å²) in [6, 6.07) is 6.00. The SMILES string of the molecule is Cl.Oc1cc(Br)ccc1[C@H]1CCN1. The Morgan fingerprint density at radius 2 is 2.15 bits per heavy atom. The van der Waals surface area contributed by atoms with Gasteiger partial charge in [0.05, 0.1) is 0 Å². The van der Waals surface area contributed by atoms with Crippen molar-refractivity contribution >= 4 is 28.3 Å². The van der Waals surface area contributed by atoms with Crippen LogP contribution in [0.4, 0.5) is 0 Å². The topological polar surface area (TPSA) is 32.3 Å². The number of hydrogen-bond donors (Lipinski definition) is 2. The molecule has 2 N–H and O–H groups in total. The van der Waals surface area contributed by atoms with Crippen LogP contribution < -0.4 is 5.32 Å². The predicted molar refractivity (Wildman–Crippen MR) is 58.4 cm³/mol. The van der Waals surface area contributed by atoms with Gasteiger partial charge in [-0.1, -0.05) is 22.0 Å². The van der Waals surface area contributed by atoms with Gasteiger partial charge in [0.25, 0.3) is 0 Å². The van der Waals surface area contributed by atoms with Crippen LogP contribution in [-0.2, 0) is 0 Å². The smallest absolute Gasteiger partial charge is 0.121 e. The van der Waals surface area contributed by atoms with E-state index in [2.05, 4.69) is 21.2 Å². The molecule has 0 amide bonds. The maximum absolute atomic E-state index is 9.56. The van der Waals surface area contributed by atoms with Crippen LogP contribution >= 0.6 is 28.3 Å². The molecule has 1 heterocycles. The number of hydrogen-bond acceptors (Lipinski definition) is 2. The first-order valence-electron chi connectivity index (χ1n) is 3.99. The van der Waals surface area contributed by atoms with Gasteiger partial charge in [-0.05, 0) is 25.1 Å². The Balaban J connectivity index is 0.000000845. The summed E-state index contributed by atoms with van der Waals surface area (Å²) in [6.07, 6.45) is 1.12. The van der Waals surface area contributed by atoms with Crippen LogP contribution in [-0.4, -0.2) is 11.7 Å². The maximum Gasteiger partial charge on any atom is 0.121 e. The van der Waals surface area contributed by atoms with Gasteiger partial charge in [-0.15, -0.1) is 12.4 Å². The van der Waals surface area contributed by atoms with Gasteiger partial charge >= 0.3 is 0 Å². The van der Waals surface area contributed by atoms with E-state index in [9.17, 15) is 5.11 Å². The maximum atomic E-state index is 9.56. The highest BCUT2D eigenvalue weighted by Crippen LogP contribution is 2.31. The zero-order chi connectivity index (χ0) is 8.55. The normalized spacial score (nSPS) is 20.2. The summed E-state index contributed by atoms with van der Waals surface area (Å²) >= 11 is 3.30. The zero-order valence-electron chi connectivity index (χ0n) is 6.96. The van der Waals surface area contributed by atoms with Crippen molar-refractivity contribution in [3.05, 3.63) is 28.2 Å². The summed E-state index contributed by atoms with van der Waals surface area (Å²) in [5.74, 6) is 0.376. The molecule has 13 heavy (non-hydrogen) atoms. The molecule has 0 saturated carbocycles. The van der Waals surface area contributed by atoms with E-state index in [-0.39, 0.29) is 12.4 Å². The Kier molecular flexibility index (Phi) is 3.59. The van der Waals surface area contributed by atoms with E-state index < -0.39 is 0 Å². The summed E-state index contributed by atoms with van der Waals surface area (Å²) in [5.41, 5.74) is 1.00. The number of rotatable bonds is 1. The van der Waals surface area contributed by atoms with Gasteiger partial charge in [0.15, 0.2) is 0 Å². The van der Waals surface area contributed by atoms with Gasteiger partial charge < -0.3 is 10.4 Å². The lowest BCUT2D eigenvalue weighted by molar-refractivity contribution is 0.364. The van der Waals surface area contributed by atoms with Crippen molar-refractivity contribution in [2.24, 2.45) is 0 Å². The molecule has 1 saturated heterocycles. The number of benzene rings is 1. The lowest BCUT2D eigenvalue weighted by Gasteiger charge is -2.28. The van der Waals surface area contributed by atoms with Crippen molar-refractivity contribution in [3.8, 4) is 5.75 Å². The minimum Gasteiger partial charge on any atom is -0.508 e. The Morgan fingerprint density at radius 3 is 2.62 bits per heavy atom. The lowest BCUT2D eigenvalue weighted by atomic mass is 9.97. The minimum absolute atomic E-state index is 0. The fourth-order valence-electron chi connectivity index (χ4n) is 1.37. The molecular formula is C9H11BrClNO. The third-order valence-corrected chi connectivity index (χ3v) is 2.68. The molecule has 0 radical (unpaired) electrons. The molecule has 0 aromatic heterocycles. The molecule has 1 aromatic rings. The van der Waals surface area contributed by atoms with Crippen LogP contribution in [0.15, 0.2) is 22.7 Å². The fraction of sp³-hybridized carbons (Fsp3) is 0.333. The molecule has 1 aliphatic heterocycles. The number of nitrogens with one attached hydrogen (secondary N) is 1. The van der Waals surface area contributed by atoms with E-state index in [0.717, 1.165) is 23.0 Å². The molecule has 1 atom stereocenters. The van der Waals surface area contributed by atoms with Gasteiger partial charge in [-0.25, -0.2) is 0 Å². The van der Waals surface area contributed by atoms with E-state index >= 15 is 0 Å². The third kappa shape index (κ3) is 2.16. The second-order valence-corrected chi connectivity index (χ2v) is 3.91. The number of halogens is 2. The average molecular weight is 265 g/mol. The summed E-state index contributed by atoms with van der Waals surface area (Å²) in [7, 11) is 0. The molecule has 4 heteroatoms. The molecule has 1 aromatic carbocycles. The van der Waals surface area contributed by atoms with Crippen molar-refractivity contribution in [3.63, 3.8) is 0 Å². The molecular weight excluding hydrogens is 253 g/mol. The molecule has 0 spiro atoms. The van der Waals surface area contributed by atoms with E-state index in [1.54, 1.807) is 6.07 Å². The molecule has 0 unspecified atom stereocenters. The number of phenols is 1. The molecule has 2 rings (SSSR count). The number of aromatic hydroxyl groups is 1. The van der Waals surface area contributed by atoms with E-state index in [0.29, 0.717) is 11.8 Å². The molecule has 0 aliphatic carbocycles. The van der Waals surface area contributed by atoms with Crippen molar-refractivity contribution in [1.29, 1.82) is 0 Å². The Labute approximate surface area is 91.9 Å². The van der Waals surface area contributed by atoms with E-state index in [1.165, 1.54) is 0 Å². The van der Waals surface area contributed by atoms with Crippen molar-refractivity contribution in [2.75, 3.05) is 6.54 Å². The molecule has 72 valence electrons. The van der Waals surface area contributed by atoms with Crippen LogP contribution in [0.5, 0.6) is 5.75 Å². The quantitative estimate of drug-likeness (QED) is 0.817. The molecule has 2 nitrogen and oxygen atoms in total. The fourth-order valence-corrected chi connectivity index (χ4v) is 1.71. The molecule has 0 bridgehead atoms.